The summed E-state index contributed by atoms with van der Waals surface area (Å²) in [5.74, 6) is -1.10. The molecule has 158 valence electrons. The van der Waals surface area contributed by atoms with E-state index < -0.39 is 11.8 Å². The van der Waals surface area contributed by atoms with E-state index in [2.05, 4.69) is 20.4 Å². The lowest BCUT2D eigenvalue weighted by molar-refractivity contribution is 0.100. The molecular weight excluding hydrogens is 406 g/mol. The summed E-state index contributed by atoms with van der Waals surface area (Å²) in [6.07, 6.45) is 1.62. The molecule has 0 aliphatic carbocycles. The number of aromatic nitrogens is 4. The van der Waals surface area contributed by atoms with E-state index >= 15 is 0 Å². The van der Waals surface area contributed by atoms with E-state index in [1.165, 1.54) is 6.07 Å². The summed E-state index contributed by atoms with van der Waals surface area (Å²) in [5, 5.41) is 16.8. The summed E-state index contributed by atoms with van der Waals surface area (Å²) >= 11 is 0. The molecule has 0 fully saturated rings. The SMILES string of the molecule is Cc1nn(Cc2ccc(C#N)nc2)c(C)c1NC(=O)c1cc(C(N)=O)c2ccccc2n1. The minimum atomic E-state index is -0.631. The fourth-order valence-electron chi connectivity index (χ4n) is 3.46. The van der Waals surface area contributed by atoms with E-state index in [0.29, 0.717) is 34.5 Å². The third kappa shape index (κ3) is 3.89. The number of carbonyl (C=O) groups is 2. The second-order valence-electron chi connectivity index (χ2n) is 7.26. The molecule has 0 saturated carbocycles. The van der Waals surface area contributed by atoms with Crippen molar-refractivity contribution in [2.75, 3.05) is 5.32 Å². The number of pyridine rings is 2. The molecule has 4 aromatic rings. The lowest BCUT2D eigenvalue weighted by atomic mass is 10.1. The predicted octanol–water partition coefficient (Wildman–Crippen LogP) is 2.71. The lowest BCUT2D eigenvalue weighted by Crippen LogP contribution is -2.18. The lowest BCUT2D eigenvalue weighted by Gasteiger charge is -2.09. The predicted molar refractivity (Wildman–Crippen MR) is 118 cm³/mol. The van der Waals surface area contributed by atoms with E-state index in [1.807, 2.05) is 19.1 Å². The zero-order valence-corrected chi connectivity index (χ0v) is 17.5. The highest BCUT2D eigenvalue weighted by molar-refractivity contribution is 6.10. The molecule has 0 radical (unpaired) electrons. The number of nitrogens with two attached hydrogens (primary N) is 1. The van der Waals surface area contributed by atoms with E-state index in [1.54, 1.807) is 48.1 Å². The number of benzene rings is 1. The van der Waals surface area contributed by atoms with Crippen molar-refractivity contribution in [3.8, 4) is 6.07 Å². The molecule has 0 spiro atoms. The number of rotatable bonds is 5. The zero-order chi connectivity index (χ0) is 22.8. The number of para-hydroxylation sites is 1. The number of carbonyl (C=O) groups excluding carboxylic acids is 2. The van der Waals surface area contributed by atoms with Gasteiger partial charge in [-0.15, -0.1) is 0 Å². The molecule has 3 heterocycles. The van der Waals surface area contributed by atoms with Crippen molar-refractivity contribution in [3.63, 3.8) is 0 Å². The Hall–Kier alpha value is -4.58. The number of nitrogens with one attached hydrogen (secondary N) is 1. The van der Waals surface area contributed by atoms with Gasteiger partial charge in [0.15, 0.2) is 0 Å². The summed E-state index contributed by atoms with van der Waals surface area (Å²) in [6.45, 7) is 4.06. The maximum atomic E-state index is 13.0. The molecule has 0 aliphatic heterocycles. The average molecular weight is 425 g/mol. The summed E-state index contributed by atoms with van der Waals surface area (Å²) in [4.78, 5) is 33.3. The number of amides is 2. The molecule has 0 saturated heterocycles. The van der Waals surface area contributed by atoms with Crippen LogP contribution in [0.4, 0.5) is 5.69 Å². The Morgan fingerprint density at radius 1 is 1.19 bits per heavy atom. The van der Waals surface area contributed by atoms with Gasteiger partial charge in [-0.3, -0.25) is 14.3 Å². The first-order chi connectivity index (χ1) is 15.4. The van der Waals surface area contributed by atoms with E-state index in [-0.39, 0.29) is 11.3 Å². The quantitative estimate of drug-likeness (QED) is 0.504. The van der Waals surface area contributed by atoms with E-state index in [4.69, 9.17) is 11.0 Å². The van der Waals surface area contributed by atoms with Gasteiger partial charge < -0.3 is 11.1 Å². The molecule has 9 heteroatoms. The minimum absolute atomic E-state index is 0.0837. The highest BCUT2D eigenvalue weighted by atomic mass is 16.2. The average Bonchev–Trinajstić information content (AvgIpc) is 3.05. The van der Waals surface area contributed by atoms with Crippen LogP contribution in [0, 0.1) is 25.2 Å². The summed E-state index contributed by atoms with van der Waals surface area (Å²) in [5.41, 5.74) is 9.49. The Bertz CT molecular complexity index is 1400. The highest BCUT2D eigenvalue weighted by Crippen LogP contribution is 2.23. The Balaban J connectivity index is 1.62. The number of anilines is 1. The van der Waals surface area contributed by atoms with Crippen molar-refractivity contribution >= 4 is 28.4 Å². The standard InChI is InChI=1S/C23H19N7O2/c1-13-21(14(2)30(29-13)12-15-7-8-16(10-24)26-11-15)28-23(32)20-9-18(22(25)31)17-5-3-4-6-19(17)27-20/h3-9,11H,12H2,1-2H3,(H2,25,31)(H,28,32). The van der Waals surface area contributed by atoms with Crippen molar-refractivity contribution in [3.05, 3.63) is 82.6 Å². The minimum Gasteiger partial charge on any atom is -0.366 e. The van der Waals surface area contributed by atoms with Crippen molar-refractivity contribution < 1.29 is 9.59 Å². The van der Waals surface area contributed by atoms with Crippen molar-refractivity contribution in [1.82, 2.24) is 19.7 Å². The normalized spacial score (nSPS) is 10.7. The molecule has 0 bridgehead atoms. The Labute approximate surface area is 183 Å². The first-order valence-corrected chi connectivity index (χ1v) is 9.77. The molecule has 0 atom stereocenters. The van der Waals surface area contributed by atoms with Crippen molar-refractivity contribution in [2.45, 2.75) is 20.4 Å². The van der Waals surface area contributed by atoms with Gasteiger partial charge in [0, 0.05) is 11.6 Å². The molecule has 1 aromatic carbocycles. The fourth-order valence-corrected chi connectivity index (χ4v) is 3.46. The number of primary amides is 1. The number of nitrogens with zero attached hydrogens (tertiary/aromatic N) is 5. The van der Waals surface area contributed by atoms with Crippen LogP contribution in [-0.4, -0.2) is 31.6 Å². The number of fused-ring (bicyclic) bond motifs is 1. The third-order valence-electron chi connectivity index (χ3n) is 5.11. The van der Waals surface area contributed by atoms with Crippen LogP contribution >= 0.6 is 0 Å². The van der Waals surface area contributed by atoms with E-state index in [0.717, 1.165) is 11.3 Å². The topological polar surface area (TPSA) is 140 Å². The van der Waals surface area contributed by atoms with Gasteiger partial charge in [-0.2, -0.15) is 10.4 Å². The van der Waals surface area contributed by atoms with Crippen molar-refractivity contribution in [1.29, 1.82) is 5.26 Å². The number of hydrogen-bond donors (Lipinski definition) is 2. The second kappa shape index (κ2) is 8.28. The fraction of sp³-hybridized carbons (Fsp3) is 0.130. The first-order valence-electron chi connectivity index (χ1n) is 9.77. The smallest absolute Gasteiger partial charge is 0.274 e. The van der Waals surface area contributed by atoms with Crippen LogP contribution in [0.2, 0.25) is 0 Å². The van der Waals surface area contributed by atoms with E-state index in [9.17, 15) is 9.59 Å². The largest absolute Gasteiger partial charge is 0.366 e. The van der Waals surface area contributed by atoms with Crippen molar-refractivity contribution in [2.24, 2.45) is 5.73 Å². The highest BCUT2D eigenvalue weighted by Gasteiger charge is 2.19. The van der Waals surface area contributed by atoms with Crippen LogP contribution in [0.5, 0.6) is 0 Å². The van der Waals surface area contributed by atoms with Gasteiger partial charge in [-0.05, 0) is 37.6 Å². The van der Waals surface area contributed by atoms with Crippen LogP contribution in [0.15, 0.2) is 48.7 Å². The summed E-state index contributed by atoms with van der Waals surface area (Å²) in [6, 6.07) is 13.9. The van der Waals surface area contributed by atoms with Crippen LogP contribution in [-0.2, 0) is 6.54 Å². The molecule has 0 aliphatic rings. The zero-order valence-electron chi connectivity index (χ0n) is 17.5. The number of nitriles is 1. The second-order valence-corrected chi connectivity index (χ2v) is 7.26. The molecule has 3 N–H and O–H groups in total. The molecule has 4 rings (SSSR count). The monoisotopic (exact) mass is 425 g/mol. The van der Waals surface area contributed by atoms with Gasteiger partial charge >= 0.3 is 0 Å². The Kier molecular flexibility index (Phi) is 5.35. The van der Waals surface area contributed by atoms with Gasteiger partial charge in [-0.1, -0.05) is 24.3 Å². The van der Waals surface area contributed by atoms with Gasteiger partial charge in [0.1, 0.15) is 17.5 Å². The van der Waals surface area contributed by atoms with Gasteiger partial charge in [0.25, 0.3) is 5.91 Å². The van der Waals surface area contributed by atoms with Crippen LogP contribution in [0.25, 0.3) is 10.9 Å². The molecule has 32 heavy (non-hydrogen) atoms. The Morgan fingerprint density at radius 3 is 2.66 bits per heavy atom. The van der Waals surface area contributed by atoms with Gasteiger partial charge in [0.05, 0.1) is 34.7 Å². The third-order valence-corrected chi connectivity index (χ3v) is 5.11. The number of aryl methyl sites for hydroxylation is 1. The van der Waals surface area contributed by atoms with Gasteiger partial charge in [0.2, 0.25) is 5.91 Å². The maximum absolute atomic E-state index is 13.0. The summed E-state index contributed by atoms with van der Waals surface area (Å²) < 4.78 is 1.75. The van der Waals surface area contributed by atoms with Gasteiger partial charge in [-0.25, -0.2) is 9.97 Å². The molecular formula is C23H19N7O2. The maximum Gasteiger partial charge on any atom is 0.274 e. The molecule has 0 unspecified atom stereocenters. The molecule has 2 amide bonds. The van der Waals surface area contributed by atoms with Crippen LogP contribution in [0.1, 0.15) is 43.5 Å². The number of hydrogen-bond acceptors (Lipinski definition) is 6. The Morgan fingerprint density at radius 2 is 1.97 bits per heavy atom. The van der Waals surface area contributed by atoms with Crippen LogP contribution in [0.3, 0.4) is 0 Å². The van der Waals surface area contributed by atoms with Crippen LogP contribution < -0.4 is 11.1 Å². The molecule has 9 nitrogen and oxygen atoms in total. The first kappa shape index (κ1) is 20.7. The summed E-state index contributed by atoms with van der Waals surface area (Å²) in [7, 11) is 0. The molecule has 3 aromatic heterocycles.